The van der Waals surface area contributed by atoms with E-state index in [0.29, 0.717) is 5.41 Å². The minimum atomic E-state index is 0.425. The van der Waals surface area contributed by atoms with Crippen LogP contribution in [-0.2, 0) is 0 Å². The zero-order valence-electron chi connectivity index (χ0n) is 15.6. The lowest BCUT2D eigenvalue weighted by molar-refractivity contribution is 0.135. The maximum Gasteiger partial charge on any atom is -0.00545 e. The lowest BCUT2D eigenvalue weighted by Crippen LogP contribution is -2.32. The zero-order chi connectivity index (χ0) is 16.8. The van der Waals surface area contributed by atoms with Gasteiger partial charge in [0.1, 0.15) is 0 Å². The van der Waals surface area contributed by atoms with Crippen LogP contribution in [0.15, 0.2) is 48.6 Å². The van der Waals surface area contributed by atoms with Gasteiger partial charge in [-0.05, 0) is 54.1 Å². The van der Waals surface area contributed by atoms with Gasteiger partial charge in [-0.15, -0.1) is 0 Å². The fourth-order valence-electron chi connectivity index (χ4n) is 4.91. The molecule has 0 N–H and O–H groups in total. The van der Waals surface area contributed by atoms with Crippen LogP contribution in [0.3, 0.4) is 0 Å². The molecule has 0 amide bonds. The van der Waals surface area contributed by atoms with Crippen molar-refractivity contribution in [1.82, 2.24) is 0 Å². The van der Waals surface area contributed by atoms with Gasteiger partial charge in [0.05, 0.1) is 0 Å². The average Bonchev–Trinajstić information content (AvgIpc) is 2.67. The van der Waals surface area contributed by atoms with Gasteiger partial charge in [-0.2, -0.15) is 0 Å². The van der Waals surface area contributed by atoms with Crippen LogP contribution in [0.2, 0.25) is 0 Å². The van der Waals surface area contributed by atoms with Gasteiger partial charge in [0.15, 0.2) is 0 Å². The van der Waals surface area contributed by atoms with Gasteiger partial charge in [0.2, 0.25) is 0 Å². The van der Waals surface area contributed by atoms with E-state index < -0.39 is 0 Å². The summed E-state index contributed by atoms with van der Waals surface area (Å²) >= 11 is 0. The van der Waals surface area contributed by atoms with Crippen molar-refractivity contribution in [3.8, 4) is 0 Å². The molecule has 1 atom stereocenters. The minimum Gasteiger partial charge on any atom is -0.0771 e. The molecular weight excluding hydrogens is 288 g/mol. The largest absolute Gasteiger partial charge is 0.0771 e. The summed E-state index contributed by atoms with van der Waals surface area (Å²) in [6, 6.07) is 10.8. The summed E-state index contributed by atoms with van der Waals surface area (Å²) in [6.07, 6.45) is 20.1. The van der Waals surface area contributed by atoms with Crippen molar-refractivity contribution in [3.05, 3.63) is 54.1 Å². The third kappa shape index (κ3) is 3.85. The van der Waals surface area contributed by atoms with Crippen LogP contribution in [0.5, 0.6) is 0 Å². The Labute approximate surface area is 149 Å². The number of unbranched alkanes of at least 4 members (excludes halogenated alkanes) is 1. The lowest BCUT2D eigenvalue weighted by Gasteiger charge is -2.43. The van der Waals surface area contributed by atoms with Gasteiger partial charge in [-0.25, -0.2) is 0 Å². The number of hydrogen-bond donors (Lipinski definition) is 0. The van der Waals surface area contributed by atoms with E-state index in [1.165, 1.54) is 68.9 Å². The van der Waals surface area contributed by atoms with Crippen LogP contribution >= 0.6 is 0 Å². The maximum atomic E-state index is 2.58. The standard InChI is InChI=1S/C24H34/c1-3-5-9-20-12-14-23(15-13-20)24(4-2)18-16-22(17-19-24)21-10-7-6-8-11-21/h6-8,10-11,16-18,20,23H,3-5,9,12-15,19H2,1-2H3. The molecule has 1 aromatic carbocycles. The molecule has 0 saturated heterocycles. The van der Waals surface area contributed by atoms with Crippen molar-refractivity contribution in [1.29, 1.82) is 0 Å². The third-order valence-electron chi connectivity index (χ3n) is 6.69. The van der Waals surface area contributed by atoms with Crippen LogP contribution in [0.25, 0.3) is 5.57 Å². The van der Waals surface area contributed by atoms with Gasteiger partial charge >= 0.3 is 0 Å². The fourth-order valence-corrected chi connectivity index (χ4v) is 4.91. The van der Waals surface area contributed by atoms with Crippen molar-refractivity contribution in [2.45, 2.75) is 71.6 Å². The molecule has 24 heavy (non-hydrogen) atoms. The smallest absolute Gasteiger partial charge is 0.00545 e. The predicted octanol–water partition coefficient (Wildman–Crippen LogP) is 7.42. The summed E-state index contributed by atoms with van der Waals surface area (Å²) in [4.78, 5) is 0. The first kappa shape index (κ1) is 17.5. The Balaban J connectivity index is 1.63. The Morgan fingerprint density at radius 3 is 2.33 bits per heavy atom. The highest BCUT2D eigenvalue weighted by Gasteiger charge is 2.37. The van der Waals surface area contributed by atoms with Crippen LogP contribution < -0.4 is 0 Å². The number of allylic oxidation sites excluding steroid dienone is 4. The van der Waals surface area contributed by atoms with E-state index in [0.717, 1.165) is 11.8 Å². The molecule has 0 aromatic heterocycles. The molecule has 0 heteroatoms. The molecule has 0 radical (unpaired) electrons. The molecule has 0 nitrogen and oxygen atoms in total. The molecule has 3 rings (SSSR count). The number of benzene rings is 1. The molecule has 0 aliphatic heterocycles. The SMILES string of the molecule is CCCCC1CCC(C2(CC)C=CC(c3ccccc3)=CC2)CC1. The highest BCUT2D eigenvalue weighted by atomic mass is 14.4. The molecule has 0 bridgehead atoms. The number of hydrogen-bond acceptors (Lipinski definition) is 0. The molecule has 1 saturated carbocycles. The van der Waals surface area contributed by atoms with E-state index in [-0.39, 0.29) is 0 Å². The van der Waals surface area contributed by atoms with Crippen LogP contribution in [0, 0.1) is 17.3 Å². The monoisotopic (exact) mass is 322 g/mol. The molecule has 0 spiro atoms. The molecular formula is C24H34. The lowest BCUT2D eigenvalue weighted by atomic mass is 9.62. The fraction of sp³-hybridized carbons (Fsp3) is 0.583. The first-order valence-corrected chi connectivity index (χ1v) is 10.2. The second-order valence-electron chi connectivity index (χ2n) is 8.01. The third-order valence-corrected chi connectivity index (χ3v) is 6.69. The minimum absolute atomic E-state index is 0.425. The maximum absolute atomic E-state index is 2.58. The topological polar surface area (TPSA) is 0 Å². The van der Waals surface area contributed by atoms with E-state index >= 15 is 0 Å². The van der Waals surface area contributed by atoms with E-state index in [1.807, 2.05) is 0 Å². The van der Waals surface area contributed by atoms with Crippen LogP contribution in [0.1, 0.15) is 77.2 Å². The Hall–Kier alpha value is -1.30. The summed E-state index contributed by atoms with van der Waals surface area (Å²) in [7, 11) is 0. The van der Waals surface area contributed by atoms with Crippen molar-refractivity contribution < 1.29 is 0 Å². The normalized spacial score (nSPS) is 30.2. The second-order valence-corrected chi connectivity index (χ2v) is 8.01. The van der Waals surface area contributed by atoms with E-state index in [9.17, 15) is 0 Å². The highest BCUT2D eigenvalue weighted by molar-refractivity contribution is 5.75. The van der Waals surface area contributed by atoms with Crippen molar-refractivity contribution in [2.75, 3.05) is 0 Å². The molecule has 130 valence electrons. The van der Waals surface area contributed by atoms with Gasteiger partial charge in [0.25, 0.3) is 0 Å². The summed E-state index contributed by atoms with van der Waals surface area (Å²) in [6.45, 7) is 4.72. The van der Waals surface area contributed by atoms with Gasteiger partial charge in [-0.3, -0.25) is 0 Å². The molecule has 1 aromatic rings. The quantitative estimate of drug-likeness (QED) is 0.511. The Bertz CT molecular complexity index is 557. The first-order valence-electron chi connectivity index (χ1n) is 10.2. The van der Waals surface area contributed by atoms with E-state index in [4.69, 9.17) is 0 Å². The Morgan fingerprint density at radius 2 is 1.75 bits per heavy atom. The molecule has 0 heterocycles. The first-order chi connectivity index (χ1) is 11.8. The summed E-state index contributed by atoms with van der Waals surface area (Å²) in [5.74, 6) is 1.91. The average molecular weight is 323 g/mol. The predicted molar refractivity (Wildman–Crippen MR) is 106 cm³/mol. The van der Waals surface area contributed by atoms with Gasteiger partial charge in [0, 0.05) is 0 Å². The van der Waals surface area contributed by atoms with E-state index in [2.05, 4.69) is 62.4 Å². The molecule has 2 aliphatic carbocycles. The van der Waals surface area contributed by atoms with Crippen molar-refractivity contribution in [3.63, 3.8) is 0 Å². The molecule has 1 unspecified atom stereocenters. The van der Waals surface area contributed by atoms with E-state index in [1.54, 1.807) is 0 Å². The molecule has 2 aliphatic rings. The second kappa shape index (κ2) is 8.19. The van der Waals surface area contributed by atoms with Gasteiger partial charge in [-0.1, -0.05) is 94.5 Å². The van der Waals surface area contributed by atoms with Gasteiger partial charge < -0.3 is 0 Å². The summed E-state index contributed by atoms with van der Waals surface area (Å²) in [5, 5.41) is 0. The summed E-state index contributed by atoms with van der Waals surface area (Å²) in [5.41, 5.74) is 3.20. The Morgan fingerprint density at radius 1 is 1.00 bits per heavy atom. The summed E-state index contributed by atoms with van der Waals surface area (Å²) < 4.78 is 0. The molecule has 1 fully saturated rings. The number of rotatable bonds is 6. The van der Waals surface area contributed by atoms with Crippen molar-refractivity contribution in [2.24, 2.45) is 17.3 Å². The Kier molecular flexibility index (Phi) is 5.98. The zero-order valence-corrected chi connectivity index (χ0v) is 15.6. The van der Waals surface area contributed by atoms with Crippen LogP contribution in [0.4, 0.5) is 0 Å². The van der Waals surface area contributed by atoms with Crippen LogP contribution in [-0.4, -0.2) is 0 Å². The van der Waals surface area contributed by atoms with Crippen molar-refractivity contribution >= 4 is 5.57 Å². The highest BCUT2D eigenvalue weighted by Crippen LogP contribution is 2.49.